The highest BCUT2D eigenvalue weighted by atomic mass is 16.8. The van der Waals surface area contributed by atoms with Crippen molar-refractivity contribution in [1.29, 1.82) is 0 Å². The number of rotatable bonds is 32. The zero-order valence-corrected chi connectivity index (χ0v) is 29.5. The molecule has 0 amide bonds. The Morgan fingerprint density at radius 2 is 1.00 bits per heavy atom. The second kappa shape index (κ2) is 29.1. The lowest BCUT2D eigenvalue weighted by atomic mass is 10.0. The predicted molar refractivity (Wildman–Crippen MR) is 189 cm³/mol. The minimum atomic E-state index is -1.31. The summed E-state index contributed by atoms with van der Waals surface area (Å²) in [5.74, 6) is -0.681. The first-order valence-corrected chi connectivity index (χ1v) is 19.1. The fraction of sp³-hybridized carbons (Fsp3) is 0.816. The Hall–Kier alpha value is -2.03. The van der Waals surface area contributed by atoms with Crippen molar-refractivity contribution < 1.29 is 24.9 Å². The summed E-state index contributed by atoms with van der Waals surface area (Å²) in [6.45, 7) is 4.50. The maximum absolute atomic E-state index is 13.0. The molecule has 0 saturated heterocycles. The van der Waals surface area contributed by atoms with Crippen LogP contribution in [0.3, 0.4) is 0 Å². The Balaban J connectivity index is 2.37. The van der Waals surface area contributed by atoms with Gasteiger partial charge >= 0.3 is 5.97 Å². The molecule has 1 unspecified atom stereocenters. The van der Waals surface area contributed by atoms with Crippen LogP contribution in [0.1, 0.15) is 204 Å². The SMILES string of the molecule is CCCCCCCCCCCCCCCCCCC[C@H](CCCCCCCCCCC)OC(=O)c1cc([N+](=O)[O-])cc([NH+]([O-])O)c1. The molecule has 8 heteroatoms. The molecule has 2 N–H and O–H groups in total. The number of carbonyl (C=O) groups excluding carboxylic acids is 1. The highest BCUT2D eigenvalue weighted by Gasteiger charge is 2.21. The third-order valence-electron chi connectivity index (χ3n) is 9.14. The highest BCUT2D eigenvalue weighted by molar-refractivity contribution is 5.91. The second-order valence-electron chi connectivity index (χ2n) is 13.4. The first-order chi connectivity index (χ1) is 22.4. The van der Waals surface area contributed by atoms with Crippen LogP contribution in [0.15, 0.2) is 18.2 Å². The first-order valence-electron chi connectivity index (χ1n) is 19.1. The minimum Gasteiger partial charge on any atom is -0.595 e. The second-order valence-corrected chi connectivity index (χ2v) is 13.4. The van der Waals surface area contributed by atoms with Crippen LogP contribution in [0.2, 0.25) is 0 Å². The number of non-ortho nitro benzene ring substituents is 1. The van der Waals surface area contributed by atoms with E-state index in [9.17, 15) is 25.3 Å². The molecule has 46 heavy (non-hydrogen) atoms. The van der Waals surface area contributed by atoms with E-state index in [1.807, 2.05) is 0 Å². The molecule has 0 fully saturated rings. The lowest BCUT2D eigenvalue weighted by molar-refractivity contribution is -0.991. The van der Waals surface area contributed by atoms with Crippen LogP contribution in [-0.4, -0.2) is 22.2 Å². The Bertz CT molecular complexity index is 894. The fourth-order valence-electron chi connectivity index (χ4n) is 6.22. The van der Waals surface area contributed by atoms with Crippen LogP contribution in [0.4, 0.5) is 11.4 Å². The third kappa shape index (κ3) is 22.5. The van der Waals surface area contributed by atoms with Gasteiger partial charge in [-0.05, 0) is 25.7 Å². The molecule has 0 bridgehead atoms. The molecule has 8 nitrogen and oxygen atoms in total. The van der Waals surface area contributed by atoms with E-state index >= 15 is 0 Å². The predicted octanol–water partition coefficient (Wildman–Crippen LogP) is 11.5. The van der Waals surface area contributed by atoms with Crippen LogP contribution in [0, 0.1) is 15.3 Å². The van der Waals surface area contributed by atoms with Gasteiger partial charge in [0, 0.05) is 12.1 Å². The summed E-state index contributed by atoms with van der Waals surface area (Å²) in [7, 11) is 0. The molecule has 0 heterocycles. The van der Waals surface area contributed by atoms with Gasteiger partial charge in [0.1, 0.15) is 6.10 Å². The lowest BCUT2D eigenvalue weighted by Crippen LogP contribution is -2.99. The standard InChI is InChI=1S/C38H68N2O6/c1-3-5-7-9-11-13-14-15-16-17-18-19-20-22-24-26-28-30-37(29-27-25-23-21-12-10-8-6-4-2)46-38(41)34-31-35(39(42)43)33-36(32-34)40(44)45/h31-33,37,39,42H,3-30H2,1-2H3/t37-/m0/s1. The number of nitrogens with zero attached hydrogens (tertiary/aromatic N) is 1. The van der Waals surface area contributed by atoms with Crippen molar-refractivity contribution >= 4 is 17.3 Å². The van der Waals surface area contributed by atoms with E-state index in [1.54, 1.807) is 0 Å². The molecular weight excluding hydrogens is 580 g/mol. The van der Waals surface area contributed by atoms with E-state index in [0.717, 1.165) is 50.7 Å². The van der Waals surface area contributed by atoms with Gasteiger partial charge in [0.2, 0.25) is 0 Å². The zero-order chi connectivity index (χ0) is 33.7. The Labute approximate surface area is 280 Å². The highest BCUT2D eigenvalue weighted by Crippen LogP contribution is 2.23. The Morgan fingerprint density at radius 3 is 1.33 bits per heavy atom. The number of quaternary nitrogens is 1. The molecule has 2 atom stereocenters. The van der Waals surface area contributed by atoms with E-state index in [2.05, 4.69) is 13.8 Å². The van der Waals surface area contributed by atoms with Gasteiger partial charge in [0.25, 0.3) is 5.69 Å². The Kier molecular flexibility index (Phi) is 26.6. The van der Waals surface area contributed by atoms with E-state index in [1.165, 1.54) is 147 Å². The molecule has 1 rings (SSSR count). The van der Waals surface area contributed by atoms with E-state index in [4.69, 9.17) is 4.74 Å². The number of esters is 1. The van der Waals surface area contributed by atoms with Gasteiger partial charge in [-0.15, -0.1) is 0 Å². The number of nitro groups is 1. The van der Waals surface area contributed by atoms with Gasteiger partial charge in [-0.1, -0.05) is 168 Å². The average Bonchev–Trinajstić information content (AvgIpc) is 3.04. The van der Waals surface area contributed by atoms with E-state index < -0.39 is 21.8 Å². The molecule has 0 saturated carbocycles. The molecule has 0 radical (unpaired) electrons. The van der Waals surface area contributed by atoms with Gasteiger partial charge < -0.3 is 9.94 Å². The number of nitro benzene ring substituents is 1. The number of nitrogens with one attached hydrogen (secondary N) is 1. The van der Waals surface area contributed by atoms with Crippen LogP contribution in [0.25, 0.3) is 0 Å². The van der Waals surface area contributed by atoms with Crippen molar-refractivity contribution in [2.24, 2.45) is 0 Å². The summed E-state index contributed by atoms with van der Waals surface area (Å²) in [6.07, 6.45) is 34.5. The molecule has 1 aromatic rings. The van der Waals surface area contributed by atoms with Gasteiger partial charge in [-0.2, -0.15) is 5.23 Å². The minimum absolute atomic E-state index is 0.0777. The molecule has 266 valence electrons. The topological polar surface area (TPSA) is 117 Å². The molecular formula is C38H68N2O6. The molecule has 0 aromatic heterocycles. The van der Waals surface area contributed by atoms with Crippen molar-refractivity contribution in [3.63, 3.8) is 0 Å². The number of unbranched alkanes of at least 4 members (excludes halogenated alkanes) is 24. The monoisotopic (exact) mass is 649 g/mol. The number of ether oxygens (including phenoxy) is 1. The lowest BCUT2D eigenvalue weighted by Gasteiger charge is -2.19. The molecule has 0 aliphatic carbocycles. The van der Waals surface area contributed by atoms with Crippen LogP contribution in [-0.2, 0) is 4.74 Å². The van der Waals surface area contributed by atoms with Crippen molar-refractivity contribution in [3.8, 4) is 0 Å². The summed E-state index contributed by atoms with van der Waals surface area (Å²) in [6, 6.07) is 3.25. The Morgan fingerprint density at radius 1 is 0.652 bits per heavy atom. The summed E-state index contributed by atoms with van der Waals surface area (Å²) < 4.78 is 5.85. The maximum atomic E-state index is 13.0. The molecule has 0 spiro atoms. The van der Waals surface area contributed by atoms with Gasteiger partial charge in [-0.25, -0.2) is 10.0 Å². The average molecular weight is 649 g/mol. The van der Waals surface area contributed by atoms with Gasteiger partial charge in [-0.3, -0.25) is 10.1 Å². The normalized spacial score (nSPS) is 12.7. The van der Waals surface area contributed by atoms with E-state index in [0.29, 0.717) is 0 Å². The zero-order valence-electron chi connectivity index (χ0n) is 29.5. The first kappa shape index (κ1) is 42.0. The molecule has 0 aliphatic heterocycles. The fourth-order valence-corrected chi connectivity index (χ4v) is 6.22. The molecule has 1 aromatic carbocycles. The van der Waals surface area contributed by atoms with Crippen LogP contribution in [0.5, 0.6) is 0 Å². The number of benzene rings is 1. The number of hydrogen-bond acceptors (Lipinski definition) is 6. The van der Waals surface area contributed by atoms with Crippen molar-refractivity contribution in [1.82, 2.24) is 0 Å². The van der Waals surface area contributed by atoms with Gasteiger partial charge in [0.05, 0.1) is 16.6 Å². The summed E-state index contributed by atoms with van der Waals surface area (Å²) >= 11 is 0. The number of carbonyl (C=O) groups is 1. The van der Waals surface area contributed by atoms with E-state index in [-0.39, 0.29) is 17.4 Å². The smallest absolute Gasteiger partial charge is 0.338 e. The summed E-state index contributed by atoms with van der Waals surface area (Å²) in [5.41, 5.74) is -0.786. The molecule has 0 aliphatic rings. The maximum Gasteiger partial charge on any atom is 0.338 e. The van der Waals surface area contributed by atoms with Crippen molar-refractivity contribution in [3.05, 3.63) is 39.1 Å². The number of hydrogen-bond donors (Lipinski definition) is 2. The third-order valence-corrected chi connectivity index (χ3v) is 9.14. The quantitative estimate of drug-likeness (QED) is 0.0347. The largest absolute Gasteiger partial charge is 0.595 e. The van der Waals surface area contributed by atoms with Crippen molar-refractivity contribution in [2.45, 2.75) is 200 Å². The van der Waals surface area contributed by atoms with Gasteiger partial charge in [0.15, 0.2) is 5.69 Å². The van der Waals surface area contributed by atoms with Crippen LogP contribution >= 0.6 is 0 Å². The van der Waals surface area contributed by atoms with Crippen LogP contribution < -0.4 is 5.23 Å². The summed E-state index contributed by atoms with van der Waals surface area (Å²) in [4.78, 5) is 23.6. The summed E-state index contributed by atoms with van der Waals surface area (Å²) in [5, 5.41) is 30.9. The van der Waals surface area contributed by atoms with Crippen molar-refractivity contribution in [2.75, 3.05) is 0 Å².